The van der Waals surface area contributed by atoms with Gasteiger partial charge in [0.25, 0.3) is 0 Å². The summed E-state index contributed by atoms with van der Waals surface area (Å²) >= 11 is 0. The van der Waals surface area contributed by atoms with E-state index in [0.717, 1.165) is 5.56 Å². The van der Waals surface area contributed by atoms with E-state index in [4.69, 9.17) is 9.47 Å². The lowest BCUT2D eigenvalue weighted by Gasteiger charge is -2.34. The first-order valence-corrected chi connectivity index (χ1v) is 10.1. The van der Waals surface area contributed by atoms with Crippen LogP contribution in [0.5, 0.6) is 11.5 Å². The van der Waals surface area contributed by atoms with Crippen molar-refractivity contribution in [3.05, 3.63) is 23.8 Å². The molecule has 0 atom stereocenters. The molecule has 28 heavy (non-hydrogen) atoms. The summed E-state index contributed by atoms with van der Waals surface area (Å²) in [5, 5.41) is 3.01. The van der Waals surface area contributed by atoms with Crippen molar-refractivity contribution < 1.29 is 19.1 Å². The molecule has 3 amide bonds. The van der Waals surface area contributed by atoms with Crippen LogP contribution in [0.1, 0.15) is 39.2 Å². The number of benzene rings is 1. The summed E-state index contributed by atoms with van der Waals surface area (Å²) in [6.45, 7) is 9.59. The Morgan fingerprint density at radius 1 is 1.14 bits per heavy atom. The average molecular weight is 392 g/mol. The highest BCUT2D eigenvalue weighted by Gasteiger charge is 2.28. The van der Waals surface area contributed by atoms with Crippen molar-refractivity contribution in [2.45, 2.75) is 40.2 Å². The number of piperidine rings is 1. The van der Waals surface area contributed by atoms with Crippen LogP contribution in [0.15, 0.2) is 18.2 Å². The van der Waals surface area contributed by atoms with Crippen LogP contribution in [-0.2, 0) is 11.3 Å². The van der Waals surface area contributed by atoms with Crippen LogP contribution in [0.25, 0.3) is 0 Å². The highest BCUT2D eigenvalue weighted by Crippen LogP contribution is 2.28. The van der Waals surface area contributed by atoms with E-state index in [1.807, 2.05) is 48.8 Å². The molecule has 2 rings (SSSR count). The van der Waals surface area contributed by atoms with Crippen LogP contribution in [-0.4, -0.2) is 61.6 Å². The lowest BCUT2D eigenvalue weighted by Crippen LogP contribution is -2.48. The summed E-state index contributed by atoms with van der Waals surface area (Å²) in [5.74, 6) is 1.36. The maximum Gasteiger partial charge on any atom is 0.319 e. The molecule has 0 radical (unpaired) electrons. The van der Waals surface area contributed by atoms with Crippen LogP contribution in [0.4, 0.5) is 4.79 Å². The molecule has 0 unspecified atom stereocenters. The van der Waals surface area contributed by atoms with Gasteiger partial charge in [-0.2, -0.15) is 0 Å². The van der Waals surface area contributed by atoms with Crippen molar-refractivity contribution in [1.29, 1.82) is 0 Å². The number of rotatable bonds is 8. The minimum absolute atomic E-state index is 0.0442. The van der Waals surface area contributed by atoms with Crippen LogP contribution in [0.3, 0.4) is 0 Å². The van der Waals surface area contributed by atoms with Gasteiger partial charge in [0.1, 0.15) is 0 Å². The third kappa shape index (κ3) is 5.53. The van der Waals surface area contributed by atoms with Gasteiger partial charge in [-0.3, -0.25) is 4.79 Å². The molecule has 0 bridgehead atoms. The molecule has 7 nitrogen and oxygen atoms in total. The standard InChI is InChI=1S/C21H33N3O4/c1-5-23(6-2)21(26)24-12-10-17(11-13-24)20(25)22-15-16-8-9-18(28-7-3)19(14-16)27-4/h8-9,14,17H,5-7,10-13,15H2,1-4H3,(H,22,25). The van der Waals surface area contributed by atoms with E-state index in [9.17, 15) is 9.59 Å². The van der Waals surface area contributed by atoms with Crippen LogP contribution < -0.4 is 14.8 Å². The predicted octanol–water partition coefficient (Wildman–Crippen LogP) is 2.88. The Labute approximate surface area is 168 Å². The number of likely N-dealkylation sites (tertiary alicyclic amines) is 1. The van der Waals surface area contributed by atoms with E-state index in [0.29, 0.717) is 63.7 Å². The van der Waals surface area contributed by atoms with Crippen LogP contribution in [0, 0.1) is 5.92 Å². The van der Waals surface area contributed by atoms with Crippen LogP contribution in [0.2, 0.25) is 0 Å². The van der Waals surface area contributed by atoms with E-state index in [1.54, 1.807) is 7.11 Å². The molecule has 156 valence electrons. The largest absolute Gasteiger partial charge is 0.493 e. The number of carbonyl (C=O) groups is 2. The summed E-state index contributed by atoms with van der Waals surface area (Å²) in [6, 6.07) is 5.75. The second kappa shape index (κ2) is 10.8. The van der Waals surface area contributed by atoms with Gasteiger partial charge < -0.3 is 24.6 Å². The van der Waals surface area contributed by atoms with Gasteiger partial charge in [0.15, 0.2) is 11.5 Å². The van der Waals surface area contributed by atoms with Crippen molar-refractivity contribution >= 4 is 11.9 Å². The lowest BCUT2D eigenvalue weighted by molar-refractivity contribution is -0.126. The third-order valence-corrected chi connectivity index (χ3v) is 5.16. The maximum atomic E-state index is 12.5. The second-order valence-electron chi connectivity index (χ2n) is 6.85. The first-order chi connectivity index (χ1) is 13.5. The summed E-state index contributed by atoms with van der Waals surface area (Å²) in [7, 11) is 1.60. The summed E-state index contributed by atoms with van der Waals surface area (Å²) in [6.07, 6.45) is 1.40. The zero-order valence-electron chi connectivity index (χ0n) is 17.5. The molecule has 1 aliphatic rings. The summed E-state index contributed by atoms with van der Waals surface area (Å²) < 4.78 is 10.9. The maximum absolute atomic E-state index is 12.5. The Morgan fingerprint density at radius 3 is 2.39 bits per heavy atom. The van der Waals surface area contributed by atoms with Crippen molar-refractivity contribution in [2.24, 2.45) is 5.92 Å². The Bertz CT molecular complexity index is 653. The zero-order chi connectivity index (χ0) is 20.5. The summed E-state index contributed by atoms with van der Waals surface area (Å²) in [5.41, 5.74) is 0.961. The molecule has 0 saturated carbocycles. The second-order valence-corrected chi connectivity index (χ2v) is 6.85. The van der Waals surface area contributed by atoms with Gasteiger partial charge in [0, 0.05) is 38.6 Å². The SMILES string of the molecule is CCOc1ccc(CNC(=O)C2CCN(C(=O)N(CC)CC)CC2)cc1OC. The van der Waals surface area contributed by atoms with E-state index in [2.05, 4.69) is 5.32 Å². The van der Waals surface area contributed by atoms with Gasteiger partial charge in [-0.05, 0) is 51.3 Å². The minimum atomic E-state index is -0.0506. The van der Waals surface area contributed by atoms with Crippen LogP contribution >= 0.6 is 0 Å². The van der Waals surface area contributed by atoms with E-state index >= 15 is 0 Å². The van der Waals surface area contributed by atoms with Crippen molar-refractivity contribution in [2.75, 3.05) is 39.9 Å². The number of amides is 3. The molecule has 0 spiro atoms. The highest BCUT2D eigenvalue weighted by atomic mass is 16.5. The van der Waals surface area contributed by atoms with E-state index < -0.39 is 0 Å². The normalized spacial score (nSPS) is 14.5. The first kappa shape index (κ1) is 21.9. The number of hydrogen-bond donors (Lipinski definition) is 1. The molecule has 1 aromatic rings. The number of nitrogens with one attached hydrogen (secondary N) is 1. The quantitative estimate of drug-likeness (QED) is 0.740. The fourth-order valence-corrected chi connectivity index (χ4v) is 3.46. The lowest BCUT2D eigenvalue weighted by atomic mass is 9.96. The Kier molecular flexibility index (Phi) is 8.42. The molecule has 0 aromatic heterocycles. The van der Waals surface area contributed by atoms with Gasteiger partial charge in [-0.1, -0.05) is 6.07 Å². The van der Waals surface area contributed by atoms with Gasteiger partial charge >= 0.3 is 6.03 Å². The Hall–Kier alpha value is -2.44. The fraction of sp³-hybridized carbons (Fsp3) is 0.619. The Balaban J connectivity index is 1.84. The smallest absolute Gasteiger partial charge is 0.319 e. The van der Waals surface area contributed by atoms with Crippen molar-refractivity contribution in [1.82, 2.24) is 15.1 Å². The molecule has 7 heteroatoms. The fourth-order valence-electron chi connectivity index (χ4n) is 3.46. The van der Waals surface area contributed by atoms with E-state index in [1.165, 1.54) is 0 Å². The van der Waals surface area contributed by atoms with E-state index in [-0.39, 0.29) is 17.9 Å². The van der Waals surface area contributed by atoms with Gasteiger partial charge in [0.05, 0.1) is 13.7 Å². The van der Waals surface area contributed by atoms with Gasteiger partial charge in [-0.25, -0.2) is 4.79 Å². The van der Waals surface area contributed by atoms with Gasteiger partial charge in [-0.15, -0.1) is 0 Å². The number of carbonyl (C=O) groups excluding carboxylic acids is 2. The molecule has 1 saturated heterocycles. The number of nitrogens with zero attached hydrogens (tertiary/aromatic N) is 2. The summed E-state index contributed by atoms with van der Waals surface area (Å²) in [4.78, 5) is 28.6. The zero-order valence-corrected chi connectivity index (χ0v) is 17.5. The molecule has 1 fully saturated rings. The third-order valence-electron chi connectivity index (χ3n) is 5.16. The average Bonchev–Trinajstić information content (AvgIpc) is 2.73. The first-order valence-electron chi connectivity index (χ1n) is 10.1. The molecule has 1 heterocycles. The predicted molar refractivity (Wildman–Crippen MR) is 109 cm³/mol. The molecule has 1 aliphatic heterocycles. The monoisotopic (exact) mass is 391 g/mol. The van der Waals surface area contributed by atoms with Crippen molar-refractivity contribution in [3.8, 4) is 11.5 Å². The number of urea groups is 1. The molecule has 1 aromatic carbocycles. The molecule has 0 aliphatic carbocycles. The van der Waals surface area contributed by atoms with Gasteiger partial charge in [0.2, 0.25) is 5.91 Å². The number of ether oxygens (including phenoxy) is 2. The molecule has 1 N–H and O–H groups in total. The van der Waals surface area contributed by atoms with Crippen molar-refractivity contribution in [3.63, 3.8) is 0 Å². The molecular weight excluding hydrogens is 358 g/mol. The number of methoxy groups -OCH3 is 1. The number of hydrogen-bond acceptors (Lipinski definition) is 4. The Morgan fingerprint density at radius 2 is 1.82 bits per heavy atom. The topological polar surface area (TPSA) is 71.1 Å². The molecular formula is C21H33N3O4. The highest BCUT2D eigenvalue weighted by molar-refractivity contribution is 5.79. The minimum Gasteiger partial charge on any atom is -0.493 e.